The third-order valence-electron chi connectivity index (χ3n) is 4.34. The Kier molecular flexibility index (Phi) is 4.37. The van der Waals surface area contributed by atoms with E-state index in [9.17, 15) is 9.18 Å². The molecule has 0 bridgehead atoms. The molecule has 0 unspecified atom stereocenters. The van der Waals surface area contributed by atoms with E-state index in [4.69, 9.17) is 0 Å². The number of para-hydroxylation sites is 1. The van der Waals surface area contributed by atoms with Crippen molar-refractivity contribution in [3.05, 3.63) is 78.1 Å². The Bertz CT molecular complexity index is 1080. The lowest BCUT2D eigenvalue weighted by Crippen LogP contribution is -2.33. The number of nitrogens with one attached hydrogen (secondary N) is 1. The number of hydrogen-bond donors (Lipinski definition) is 1. The van der Waals surface area contributed by atoms with Gasteiger partial charge in [-0.25, -0.2) is 14.1 Å². The minimum absolute atomic E-state index is 0.0165. The highest BCUT2D eigenvalue weighted by Crippen LogP contribution is 2.21. The number of fused-ring (bicyclic) bond motifs is 1. The van der Waals surface area contributed by atoms with Crippen molar-refractivity contribution in [1.82, 2.24) is 29.9 Å². The average Bonchev–Trinajstić information content (AvgIpc) is 3.27. The highest BCUT2D eigenvalue weighted by molar-refractivity contribution is 5.80. The summed E-state index contributed by atoms with van der Waals surface area (Å²) in [5.41, 5.74) is 2.25. The molecule has 7 nitrogen and oxygen atoms in total. The summed E-state index contributed by atoms with van der Waals surface area (Å²) in [5.74, 6) is 0.0686. The van der Waals surface area contributed by atoms with Gasteiger partial charge in [-0.05, 0) is 29.8 Å². The number of halogens is 1. The van der Waals surface area contributed by atoms with E-state index in [2.05, 4.69) is 20.6 Å². The summed E-state index contributed by atoms with van der Waals surface area (Å²) in [6.45, 7) is 0.0165. The first-order valence-corrected chi connectivity index (χ1v) is 8.42. The number of rotatable bonds is 5. The second-order valence-corrected chi connectivity index (χ2v) is 6.18. The highest BCUT2D eigenvalue weighted by atomic mass is 19.1. The Hall–Kier alpha value is -3.55. The molecule has 1 amide bonds. The molecule has 0 aliphatic carbocycles. The zero-order valence-corrected chi connectivity index (χ0v) is 14.6. The summed E-state index contributed by atoms with van der Waals surface area (Å²) >= 11 is 0. The Morgan fingerprint density at radius 1 is 1.19 bits per heavy atom. The van der Waals surface area contributed by atoms with Crippen LogP contribution in [0.2, 0.25) is 0 Å². The molecular weight excluding hydrogens is 347 g/mol. The second kappa shape index (κ2) is 6.99. The van der Waals surface area contributed by atoms with Crippen molar-refractivity contribution in [1.29, 1.82) is 0 Å². The Labute approximate surface area is 154 Å². The molecule has 2 heterocycles. The van der Waals surface area contributed by atoms with Crippen LogP contribution in [0.1, 0.15) is 17.4 Å². The third-order valence-corrected chi connectivity index (χ3v) is 4.34. The molecule has 0 aliphatic rings. The maximum atomic E-state index is 13.3. The fourth-order valence-electron chi connectivity index (χ4n) is 2.98. The number of aryl methyl sites for hydroxylation is 1. The lowest BCUT2D eigenvalue weighted by Gasteiger charge is -2.19. The number of carbonyl (C=O) groups excluding carboxylic acids is 1. The first-order valence-electron chi connectivity index (χ1n) is 8.42. The molecule has 0 radical (unpaired) electrons. The monoisotopic (exact) mass is 364 g/mol. The van der Waals surface area contributed by atoms with Crippen molar-refractivity contribution in [3.63, 3.8) is 0 Å². The van der Waals surface area contributed by atoms with E-state index in [1.165, 1.54) is 12.1 Å². The maximum Gasteiger partial charge on any atom is 0.242 e. The highest BCUT2D eigenvalue weighted by Gasteiger charge is 2.21. The van der Waals surface area contributed by atoms with Crippen molar-refractivity contribution in [2.24, 2.45) is 7.05 Å². The summed E-state index contributed by atoms with van der Waals surface area (Å²) < 4.78 is 16.7. The molecule has 1 atom stereocenters. The van der Waals surface area contributed by atoms with Crippen molar-refractivity contribution in [2.75, 3.05) is 0 Å². The average molecular weight is 364 g/mol. The Balaban J connectivity index is 1.60. The van der Waals surface area contributed by atoms with Gasteiger partial charge in [-0.15, -0.1) is 5.10 Å². The predicted octanol–water partition coefficient (Wildman–Crippen LogP) is 2.21. The molecule has 0 saturated carbocycles. The van der Waals surface area contributed by atoms with E-state index < -0.39 is 6.04 Å². The molecule has 2 aromatic carbocycles. The minimum atomic E-state index is -0.507. The molecule has 0 fully saturated rings. The van der Waals surface area contributed by atoms with Crippen molar-refractivity contribution in [2.45, 2.75) is 12.6 Å². The number of benzene rings is 2. The summed E-state index contributed by atoms with van der Waals surface area (Å²) in [5, 5.41) is 11.1. The van der Waals surface area contributed by atoms with Gasteiger partial charge in [0.25, 0.3) is 0 Å². The van der Waals surface area contributed by atoms with E-state index in [0.29, 0.717) is 5.82 Å². The van der Waals surface area contributed by atoms with E-state index in [0.717, 1.165) is 16.6 Å². The maximum absolute atomic E-state index is 13.3. The summed E-state index contributed by atoms with van der Waals surface area (Å²) in [6, 6.07) is 12.9. The van der Waals surface area contributed by atoms with Crippen LogP contribution < -0.4 is 5.32 Å². The van der Waals surface area contributed by atoms with Crippen LogP contribution >= 0.6 is 0 Å². The third kappa shape index (κ3) is 3.41. The van der Waals surface area contributed by atoms with Crippen LogP contribution in [-0.2, 0) is 18.4 Å². The van der Waals surface area contributed by atoms with Crippen LogP contribution in [0.4, 0.5) is 4.39 Å². The standard InChI is InChI=1S/C19H17FN6O/c1-25-11-10-21-19(25)18(13-6-8-14(20)9-7-13)22-17(27)12-26-16-5-3-2-4-15(16)23-24-26/h2-11,18H,12H2,1H3,(H,22,27)/t18-/m1/s1. The zero-order valence-electron chi connectivity index (χ0n) is 14.6. The van der Waals surface area contributed by atoms with E-state index in [1.54, 1.807) is 29.2 Å². The van der Waals surface area contributed by atoms with Crippen LogP contribution in [-0.4, -0.2) is 30.5 Å². The second-order valence-electron chi connectivity index (χ2n) is 6.18. The van der Waals surface area contributed by atoms with E-state index in [-0.39, 0.29) is 18.3 Å². The van der Waals surface area contributed by atoms with Crippen molar-refractivity contribution < 1.29 is 9.18 Å². The molecule has 4 aromatic rings. The molecule has 8 heteroatoms. The van der Waals surface area contributed by atoms with Gasteiger partial charge in [0.15, 0.2) is 0 Å². The minimum Gasteiger partial charge on any atom is -0.340 e. The predicted molar refractivity (Wildman–Crippen MR) is 97.1 cm³/mol. The molecule has 0 aliphatic heterocycles. The number of carbonyl (C=O) groups is 1. The summed E-state index contributed by atoms with van der Waals surface area (Å²) in [7, 11) is 1.84. The summed E-state index contributed by atoms with van der Waals surface area (Å²) in [6.07, 6.45) is 3.45. The number of aromatic nitrogens is 5. The molecule has 1 N–H and O–H groups in total. The van der Waals surface area contributed by atoms with Crippen LogP contribution in [0.25, 0.3) is 11.0 Å². The number of nitrogens with zero attached hydrogens (tertiary/aromatic N) is 5. The quantitative estimate of drug-likeness (QED) is 0.589. The first-order chi connectivity index (χ1) is 13.1. The van der Waals surface area contributed by atoms with E-state index in [1.807, 2.05) is 35.9 Å². The normalized spacial score (nSPS) is 12.2. The van der Waals surface area contributed by atoms with Gasteiger partial charge in [0, 0.05) is 19.4 Å². The van der Waals surface area contributed by atoms with Gasteiger partial charge in [0.1, 0.15) is 29.7 Å². The van der Waals surface area contributed by atoms with Crippen LogP contribution in [0, 0.1) is 5.82 Å². The SMILES string of the molecule is Cn1ccnc1[C@H](NC(=O)Cn1nnc2ccccc21)c1ccc(F)cc1. The first kappa shape index (κ1) is 16.9. The van der Waals surface area contributed by atoms with Gasteiger partial charge in [-0.3, -0.25) is 4.79 Å². The smallest absolute Gasteiger partial charge is 0.242 e. The van der Waals surface area contributed by atoms with Gasteiger partial charge in [-0.1, -0.05) is 29.5 Å². The lowest BCUT2D eigenvalue weighted by molar-refractivity contribution is -0.122. The molecule has 27 heavy (non-hydrogen) atoms. The van der Waals surface area contributed by atoms with Crippen molar-refractivity contribution >= 4 is 16.9 Å². The lowest BCUT2D eigenvalue weighted by atomic mass is 10.1. The molecule has 4 rings (SSSR count). The molecular formula is C19H17FN6O. The van der Waals surface area contributed by atoms with Gasteiger partial charge < -0.3 is 9.88 Å². The van der Waals surface area contributed by atoms with Crippen LogP contribution in [0.3, 0.4) is 0 Å². The number of imidazole rings is 1. The summed E-state index contributed by atoms with van der Waals surface area (Å²) in [4.78, 5) is 17.0. The zero-order chi connectivity index (χ0) is 18.8. The van der Waals surface area contributed by atoms with Gasteiger partial charge in [-0.2, -0.15) is 0 Å². The van der Waals surface area contributed by atoms with Gasteiger partial charge >= 0.3 is 0 Å². The van der Waals surface area contributed by atoms with Crippen molar-refractivity contribution in [3.8, 4) is 0 Å². The Morgan fingerprint density at radius 3 is 2.70 bits per heavy atom. The van der Waals surface area contributed by atoms with Gasteiger partial charge in [0.2, 0.25) is 5.91 Å². The van der Waals surface area contributed by atoms with E-state index >= 15 is 0 Å². The molecule has 0 spiro atoms. The molecule has 2 aromatic heterocycles. The van der Waals surface area contributed by atoms with Crippen LogP contribution in [0.15, 0.2) is 60.9 Å². The largest absolute Gasteiger partial charge is 0.340 e. The molecule has 136 valence electrons. The van der Waals surface area contributed by atoms with Gasteiger partial charge in [0.05, 0.1) is 5.52 Å². The Morgan fingerprint density at radius 2 is 1.96 bits per heavy atom. The topological polar surface area (TPSA) is 77.6 Å². The fourth-order valence-corrected chi connectivity index (χ4v) is 2.98. The molecule has 0 saturated heterocycles. The number of hydrogen-bond acceptors (Lipinski definition) is 4. The number of amides is 1. The fraction of sp³-hybridized carbons (Fsp3) is 0.158. The van der Waals surface area contributed by atoms with Crippen LogP contribution in [0.5, 0.6) is 0 Å².